The van der Waals surface area contributed by atoms with Gasteiger partial charge in [0, 0.05) is 0 Å². The molecule has 0 aromatic heterocycles. The quantitative estimate of drug-likeness (QED) is 0.892. The van der Waals surface area contributed by atoms with Crippen molar-refractivity contribution in [3.05, 3.63) is 65.2 Å². The molecule has 1 N–H and O–H groups in total. The second-order valence-electron chi connectivity index (χ2n) is 4.65. The molecule has 1 amide bonds. The van der Waals surface area contributed by atoms with Gasteiger partial charge in [-0.25, -0.2) is 0 Å². The van der Waals surface area contributed by atoms with Crippen LogP contribution in [0.15, 0.2) is 48.5 Å². The summed E-state index contributed by atoms with van der Waals surface area (Å²) in [5.41, 5.74) is 3.35. The molecule has 0 saturated heterocycles. The summed E-state index contributed by atoms with van der Waals surface area (Å²) in [6.45, 7) is 0. The van der Waals surface area contributed by atoms with E-state index in [1.807, 2.05) is 42.5 Å². The molecule has 2 aromatic rings. The van der Waals surface area contributed by atoms with E-state index in [9.17, 15) is 4.79 Å². The van der Waals surface area contributed by atoms with Crippen LogP contribution in [0.25, 0.3) is 0 Å². The van der Waals surface area contributed by atoms with Gasteiger partial charge < -0.3 is 10.1 Å². The third kappa shape index (κ3) is 2.19. The summed E-state index contributed by atoms with van der Waals surface area (Å²) in [5, 5.41) is 3.05. The van der Waals surface area contributed by atoms with Crippen LogP contribution in [0.4, 0.5) is 0 Å². The zero-order chi connectivity index (χ0) is 13.2. The molecule has 0 bridgehead atoms. The van der Waals surface area contributed by atoms with Gasteiger partial charge in [-0.15, -0.1) is 0 Å². The minimum Gasteiger partial charge on any atom is -0.497 e. The van der Waals surface area contributed by atoms with Gasteiger partial charge in [0.25, 0.3) is 0 Å². The second-order valence-corrected chi connectivity index (χ2v) is 4.65. The van der Waals surface area contributed by atoms with Crippen LogP contribution >= 0.6 is 0 Å². The summed E-state index contributed by atoms with van der Waals surface area (Å²) in [6, 6.07) is 15.8. The fourth-order valence-corrected chi connectivity index (χ4v) is 2.50. The molecule has 3 heteroatoms. The van der Waals surface area contributed by atoms with Gasteiger partial charge >= 0.3 is 0 Å². The number of amides is 1. The summed E-state index contributed by atoms with van der Waals surface area (Å²) < 4.78 is 5.16. The van der Waals surface area contributed by atoms with Gasteiger partial charge in [0.1, 0.15) is 5.75 Å². The summed E-state index contributed by atoms with van der Waals surface area (Å²) in [6.07, 6.45) is 0.461. The fraction of sp³-hybridized carbons (Fsp3) is 0.188. The molecule has 0 fully saturated rings. The Bertz CT molecular complexity index is 604. The Hall–Kier alpha value is -2.29. The largest absolute Gasteiger partial charge is 0.497 e. The smallest absolute Gasteiger partial charge is 0.225 e. The van der Waals surface area contributed by atoms with E-state index in [1.165, 1.54) is 5.56 Å². The summed E-state index contributed by atoms with van der Waals surface area (Å²) in [4.78, 5) is 11.8. The maximum Gasteiger partial charge on any atom is 0.225 e. The second kappa shape index (κ2) is 4.76. The highest BCUT2D eigenvalue weighted by Crippen LogP contribution is 2.29. The molecule has 1 unspecified atom stereocenters. The van der Waals surface area contributed by atoms with Crippen molar-refractivity contribution in [2.45, 2.75) is 12.5 Å². The molecule has 0 spiro atoms. The number of carbonyl (C=O) groups excluding carboxylic acids is 1. The molecule has 1 atom stereocenters. The number of fused-ring (bicyclic) bond motifs is 1. The van der Waals surface area contributed by atoms with E-state index >= 15 is 0 Å². The van der Waals surface area contributed by atoms with Crippen LogP contribution in [0, 0.1) is 0 Å². The first-order valence-corrected chi connectivity index (χ1v) is 6.29. The molecule has 1 heterocycles. The number of methoxy groups -OCH3 is 1. The average molecular weight is 253 g/mol. The summed E-state index contributed by atoms with van der Waals surface area (Å²) in [7, 11) is 1.65. The maximum absolute atomic E-state index is 11.8. The van der Waals surface area contributed by atoms with E-state index in [4.69, 9.17) is 4.74 Å². The monoisotopic (exact) mass is 253 g/mol. The van der Waals surface area contributed by atoms with Gasteiger partial charge in [-0.3, -0.25) is 4.79 Å². The minimum absolute atomic E-state index is 0.0663. The molecule has 19 heavy (non-hydrogen) atoms. The van der Waals surface area contributed by atoms with E-state index in [2.05, 4.69) is 11.4 Å². The van der Waals surface area contributed by atoms with Crippen molar-refractivity contribution >= 4 is 5.91 Å². The predicted octanol–water partition coefficient (Wildman–Crippen LogP) is 2.46. The first-order valence-electron chi connectivity index (χ1n) is 6.29. The van der Waals surface area contributed by atoms with Crippen molar-refractivity contribution < 1.29 is 9.53 Å². The molecule has 2 aromatic carbocycles. The molecule has 0 radical (unpaired) electrons. The van der Waals surface area contributed by atoms with Gasteiger partial charge in [0.05, 0.1) is 19.6 Å². The Morgan fingerprint density at radius 1 is 1.11 bits per heavy atom. The zero-order valence-corrected chi connectivity index (χ0v) is 10.7. The highest BCUT2D eigenvalue weighted by atomic mass is 16.5. The lowest BCUT2D eigenvalue weighted by molar-refractivity contribution is -0.121. The lowest BCUT2D eigenvalue weighted by Gasteiger charge is -2.27. The van der Waals surface area contributed by atoms with Gasteiger partial charge in [-0.2, -0.15) is 0 Å². The Balaban J connectivity index is 2.02. The molecule has 3 nitrogen and oxygen atoms in total. The first kappa shape index (κ1) is 11.8. The molecule has 0 saturated carbocycles. The number of ether oxygens (including phenoxy) is 1. The van der Waals surface area contributed by atoms with E-state index in [0.29, 0.717) is 6.42 Å². The molecule has 0 aliphatic carbocycles. The van der Waals surface area contributed by atoms with Crippen LogP contribution in [0.1, 0.15) is 22.7 Å². The van der Waals surface area contributed by atoms with Crippen molar-refractivity contribution in [3.8, 4) is 5.75 Å². The number of hydrogen-bond acceptors (Lipinski definition) is 2. The normalized spacial score (nSPS) is 17.5. The van der Waals surface area contributed by atoms with Crippen LogP contribution in [0.5, 0.6) is 5.75 Å². The molecule has 96 valence electrons. The molecule has 1 aliphatic rings. The Labute approximate surface area is 112 Å². The van der Waals surface area contributed by atoms with Crippen molar-refractivity contribution in [2.75, 3.05) is 7.11 Å². The highest BCUT2D eigenvalue weighted by Gasteiger charge is 2.25. The third-order valence-electron chi connectivity index (χ3n) is 3.47. The van der Waals surface area contributed by atoms with Gasteiger partial charge in [0.2, 0.25) is 5.91 Å². The Kier molecular flexibility index (Phi) is 2.95. The van der Waals surface area contributed by atoms with Crippen molar-refractivity contribution in [2.24, 2.45) is 0 Å². The Morgan fingerprint density at radius 3 is 2.58 bits per heavy atom. The van der Waals surface area contributed by atoms with Gasteiger partial charge in [0.15, 0.2) is 0 Å². The number of benzene rings is 2. The van der Waals surface area contributed by atoms with E-state index < -0.39 is 0 Å². The first-order chi connectivity index (χ1) is 9.28. The molecular formula is C16H15NO2. The van der Waals surface area contributed by atoms with Crippen LogP contribution in [-0.4, -0.2) is 13.0 Å². The predicted molar refractivity (Wildman–Crippen MR) is 73.1 cm³/mol. The molecule has 1 aliphatic heterocycles. The van der Waals surface area contributed by atoms with Crippen LogP contribution < -0.4 is 10.1 Å². The van der Waals surface area contributed by atoms with E-state index in [-0.39, 0.29) is 11.9 Å². The standard InChI is InChI=1S/C16H15NO2/c1-19-13-8-6-11(7-9-13)16-14-5-3-2-4-12(14)10-15(18)17-16/h2-9,16H,10H2,1H3,(H,17,18). The van der Waals surface area contributed by atoms with Crippen LogP contribution in [0.2, 0.25) is 0 Å². The number of hydrogen-bond donors (Lipinski definition) is 1. The van der Waals surface area contributed by atoms with Gasteiger partial charge in [-0.05, 0) is 28.8 Å². The van der Waals surface area contributed by atoms with Gasteiger partial charge in [-0.1, -0.05) is 36.4 Å². The lowest BCUT2D eigenvalue weighted by atomic mass is 9.89. The number of nitrogens with one attached hydrogen (secondary N) is 1. The van der Waals surface area contributed by atoms with E-state index in [1.54, 1.807) is 7.11 Å². The van der Waals surface area contributed by atoms with Crippen LogP contribution in [-0.2, 0) is 11.2 Å². The maximum atomic E-state index is 11.8. The zero-order valence-electron chi connectivity index (χ0n) is 10.7. The fourth-order valence-electron chi connectivity index (χ4n) is 2.50. The molecular weight excluding hydrogens is 238 g/mol. The third-order valence-corrected chi connectivity index (χ3v) is 3.47. The van der Waals surface area contributed by atoms with E-state index in [0.717, 1.165) is 16.9 Å². The van der Waals surface area contributed by atoms with Crippen molar-refractivity contribution in [1.29, 1.82) is 0 Å². The molecule has 3 rings (SSSR count). The number of rotatable bonds is 2. The SMILES string of the molecule is COc1ccc(C2NC(=O)Cc3ccccc32)cc1. The summed E-state index contributed by atoms with van der Waals surface area (Å²) >= 11 is 0. The number of carbonyl (C=O) groups is 1. The highest BCUT2D eigenvalue weighted by molar-refractivity contribution is 5.82. The Morgan fingerprint density at radius 2 is 1.84 bits per heavy atom. The van der Waals surface area contributed by atoms with Crippen molar-refractivity contribution in [1.82, 2.24) is 5.32 Å². The minimum atomic E-state index is -0.0663. The topological polar surface area (TPSA) is 38.3 Å². The summed E-state index contributed by atoms with van der Waals surface area (Å²) in [5.74, 6) is 0.888. The lowest BCUT2D eigenvalue weighted by Crippen LogP contribution is -2.35. The van der Waals surface area contributed by atoms with Crippen molar-refractivity contribution in [3.63, 3.8) is 0 Å². The average Bonchev–Trinajstić information content (AvgIpc) is 2.46. The van der Waals surface area contributed by atoms with Crippen LogP contribution in [0.3, 0.4) is 0 Å².